The number of nitrogens with zero attached hydrogens (tertiary/aromatic N) is 3. The van der Waals surface area contributed by atoms with Crippen molar-refractivity contribution in [1.82, 2.24) is 20.0 Å². The summed E-state index contributed by atoms with van der Waals surface area (Å²) in [5.41, 5.74) is 1.18. The summed E-state index contributed by atoms with van der Waals surface area (Å²) in [4.78, 5) is 2.44. The van der Waals surface area contributed by atoms with Crippen molar-refractivity contribution >= 4 is 0 Å². The lowest BCUT2D eigenvalue weighted by Gasteiger charge is -2.20. The third-order valence-electron chi connectivity index (χ3n) is 3.79. The first-order chi connectivity index (χ1) is 9.60. The molecule has 0 aliphatic rings. The Bertz CT molecular complexity index is 355. The average molecular weight is 280 g/mol. The van der Waals surface area contributed by atoms with Crippen LogP contribution in [-0.4, -0.2) is 40.4 Å². The van der Waals surface area contributed by atoms with E-state index in [4.69, 9.17) is 5.10 Å². The second-order valence-corrected chi connectivity index (χ2v) is 5.74. The third kappa shape index (κ3) is 5.63. The minimum absolute atomic E-state index is 0.543. The van der Waals surface area contributed by atoms with Gasteiger partial charge in [0.1, 0.15) is 0 Å². The van der Waals surface area contributed by atoms with Crippen LogP contribution in [0, 0.1) is 0 Å². The maximum absolute atomic E-state index is 4.74. The van der Waals surface area contributed by atoms with Crippen LogP contribution in [0.1, 0.15) is 59.2 Å². The highest BCUT2D eigenvalue weighted by atomic mass is 15.3. The zero-order valence-corrected chi connectivity index (χ0v) is 13.9. The van der Waals surface area contributed by atoms with Gasteiger partial charge < -0.3 is 5.32 Å². The third-order valence-corrected chi connectivity index (χ3v) is 3.79. The molecule has 0 amide bonds. The summed E-state index contributed by atoms with van der Waals surface area (Å²) in [7, 11) is 0. The van der Waals surface area contributed by atoms with Gasteiger partial charge in [0, 0.05) is 31.9 Å². The van der Waals surface area contributed by atoms with E-state index in [0.29, 0.717) is 12.1 Å². The lowest BCUT2D eigenvalue weighted by molar-refractivity contribution is 0.271. The predicted octanol–water partition coefficient (Wildman–Crippen LogP) is 3.06. The van der Waals surface area contributed by atoms with Crippen molar-refractivity contribution in [2.24, 2.45) is 0 Å². The molecular weight excluding hydrogens is 248 g/mol. The standard InChI is InChI=1S/C16H32N4/c1-6-16(7-2)20-11-9-15(18-20)13-19(8-3)12-10-17-14(4)5/h9,11,14,16-17H,6-8,10,12-13H2,1-5H3. The van der Waals surface area contributed by atoms with Gasteiger partial charge in [-0.25, -0.2) is 0 Å². The van der Waals surface area contributed by atoms with Crippen molar-refractivity contribution in [3.05, 3.63) is 18.0 Å². The Morgan fingerprint density at radius 3 is 2.50 bits per heavy atom. The number of hydrogen-bond donors (Lipinski definition) is 1. The predicted molar refractivity (Wildman–Crippen MR) is 85.9 cm³/mol. The Morgan fingerprint density at radius 1 is 1.25 bits per heavy atom. The Morgan fingerprint density at radius 2 is 1.95 bits per heavy atom. The summed E-state index contributed by atoms with van der Waals surface area (Å²) in [5.74, 6) is 0. The molecule has 116 valence electrons. The molecule has 1 aromatic heterocycles. The van der Waals surface area contributed by atoms with Gasteiger partial charge in [-0.3, -0.25) is 9.58 Å². The fraction of sp³-hybridized carbons (Fsp3) is 0.812. The highest BCUT2D eigenvalue weighted by molar-refractivity contribution is 4.99. The van der Waals surface area contributed by atoms with E-state index in [9.17, 15) is 0 Å². The Hall–Kier alpha value is -0.870. The molecule has 1 N–H and O–H groups in total. The molecule has 20 heavy (non-hydrogen) atoms. The minimum atomic E-state index is 0.543. The molecule has 4 heteroatoms. The van der Waals surface area contributed by atoms with E-state index >= 15 is 0 Å². The van der Waals surface area contributed by atoms with Crippen molar-refractivity contribution in [3.63, 3.8) is 0 Å². The van der Waals surface area contributed by atoms with Crippen LogP contribution in [0.5, 0.6) is 0 Å². The van der Waals surface area contributed by atoms with Crippen LogP contribution >= 0.6 is 0 Å². The van der Waals surface area contributed by atoms with Crippen LogP contribution in [0.25, 0.3) is 0 Å². The first-order valence-corrected chi connectivity index (χ1v) is 8.10. The van der Waals surface area contributed by atoms with E-state index in [0.717, 1.165) is 39.0 Å². The summed E-state index contributed by atoms with van der Waals surface area (Å²) < 4.78 is 2.13. The summed E-state index contributed by atoms with van der Waals surface area (Å²) in [6, 6.07) is 3.26. The molecule has 0 fully saturated rings. The lowest BCUT2D eigenvalue weighted by Crippen LogP contribution is -2.34. The molecule has 0 aliphatic carbocycles. The van der Waals surface area contributed by atoms with Crippen molar-refractivity contribution in [2.45, 2.75) is 66.1 Å². The molecule has 0 spiro atoms. The van der Waals surface area contributed by atoms with Crippen LogP contribution < -0.4 is 5.32 Å². The van der Waals surface area contributed by atoms with Gasteiger partial charge in [-0.15, -0.1) is 0 Å². The highest BCUT2D eigenvalue weighted by Crippen LogP contribution is 2.15. The fourth-order valence-corrected chi connectivity index (χ4v) is 2.42. The summed E-state index contributed by atoms with van der Waals surface area (Å²) in [5, 5.41) is 8.21. The van der Waals surface area contributed by atoms with Crippen molar-refractivity contribution in [3.8, 4) is 0 Å². The maximum atomic E-state index is 4.74. The number of nitrogens with one attached hydrogen (secondary N) is 1. The molecule has 1 aromatic rings. The largest absolute Gasteiger partial charge is 0.313 e. The lowest BCUT2D eigenvalue weighted by atomic mass is 10.2. The van der Waals surface area contributed by atoms with Crippen LogP contribution in [0.2, 0.25) is 0 Å². The smallest absolute Gasteiger partial charge is 0.0764 e. The average Bonchev–Trinajstić information content (AvgIpc) is 2.87. The molecular formula is C16H32N4. The van der Waals surface area contributed by atoms with Gasteiger partial charge in [-0.05, 0) is 25.5 Å². The Kier molecular flexibility index (Phi) is 7.85. The molecule has 1 heterocycles. The minimum Gasteiger partial charge on any atom is -0.313 e. The monoisotopic (exact) mass is 280 g/mol. The quantitative estimate of drug-likeness (QED) is 0.715. The van der Waals surface area contributed by atoms with E-state index in [1.807, 2.05) is 0 Å². The van der Waals surface area contributed by atoms with Gasteiger partial charge in [0.05, 0.1) is 11.7 Å². The van der Waals surface area contributed by atoms with Gasteiger partial charge >= 0.3 is 0 Å². The molecule has 0 bridgehead atoms. The van der Waals surface area contributed by atoms with Crippen molar-refractivity contribution in [1.29, 1.82) is 0 Å². The van der Waals surface area contributed by atoms with Crippen LogP contribution in [0.4, 0.5) is 0 Å². The molecule has 0 aromatic carbocycles. The highest BCUT2D eigenvalue weighted by Gasteiger charge is 2.10. The SMILES string of the molecule is CCC(CC)n1ccc(CN(CC)CCNC(C)C)n1. The fourth-order valence-electron chi connectivity index (χ4n) is 2.42. The van der Waals surface area contributed by atoms with Crippen LogP contribution in [-0.2, 0) is 6.54 Å². The van der Waals surface area contributed by atoms with Gasteiger partial charge in [0.2, 0.25) is 0 Å². The van der Waals surface area contributed by atoms with Gasteiger partial charge in [-0.2, -0.15) is 5.10 Å². The molecule has 4 nitrogen and oxygen atoms in total. The molecule has 0 radical (unpaired) electrons. The van der Waals surface area contributed by atoms with Crippen LogP contribution in [0.15, 0.2) is 12.3 Å². The van der Waals surface area contributed by atoms with Crippen LogP contribution in [0.3, 0.4) is 0 Å². The number of aromatic nitrogens is 2. The normalized spacial score (nSPS) is 12.0. The molecule has 0 atom stereocenters. The second kappa shape index (κ2) is 9.14. The molecule has 0 saturated heterocycles. The van der Waals surface area contributed by atoms with Crippen molar-refractivity contribution < 1.29 is 0 Å². The Balaban J connectivity index is 2.49. The van der Waals surface area contributed by atoms with E-state index in [1.165, 1.54) is 5.69 Å². The zero-order chi connectivity index (χ0) is 15.0. The number of hydrogen-bond acceptors (Lipinski definition) is 3. The van der Waals surface area contributed by atoms with E-state index in [1.54, 1.807) is 0 Å². The first kappa shape index (κ1) is 17.2. The second-order valence-electron chi connectivity index (χ2n) is 5.74. The van der Waals surface area contributed by atoms with Crippen molar-refractivity contribution in [2.75, 3.05) is 19.6 Å². The van der Waals surface area contributed by atoms with E-state index in [-0.39, 0.29) is 0 Å². The molecule has 1 rings (SSSR count). The zero-order valence-electron chi connectivity index (χ0n) is 13.9. The summed E-state index contributed by atoms with van der Waals surface area (Å²) in [6.07, 6.45) is 4.42. The first-order valence-electron chi connectivity index (χ1n) is 8.10. The van der Waals surface area contributed by atoms with E-state index in [2.05, 4.69) is 61.8 Å². The summed E-state index contributed by atoms with van der Waals surface area (Å²) in [6.45, 7) is 15.2. The molecule has 0 aliphatic heterocycles. The Labute approximate surface area is 124 Å². The van der Waals surface area contributed by atoms with Gasteiger partial charge in [0.25, 0.3) is 0 Å². The number of rotatable bonds is 10. The van der Waals surface area contributed by atoms with Gasteiger partial charge in [-0.1, -0.05) is 34.6 Å². The summed E-state index contributed by atoms with van der Waals surface area (Å²) >= 11 is 0. The van der Waals surface area contributed by atoms with E-state index < -0.39 is 0 Å². The van der Waals surface area contributed by atoms with Gasteiger partial charge in [0.15, 0.2) is 0 Å². The molecule has 0 unspecified atom stereocenters. The number of likely N-dealkylation sites (N-methyl/N-ethyl adjacent to an activating group) is 1. The maximum Gasteiger partial charge on any atom is 0.0764 e. The molecule has 0 saturated carbocycles. The topological polar surface area (TPSA) is 33.1 Å².